The average Bonchev–Trinajstić information content (AvgIpc) is 2.92. The predicted molar refractivity (Wildman–Crippen MR) is 76.7 cm³/mol. The Morgan fingerprint density at radius 2 is 2.10 bits per heavy atom. The number of likely N-dealkylation sites (tertiary alicyclic amines) is 1. The molecule has 1 aliphatic heterocycles. The molecular weight excluding hydrogens is 272 g/mol. The SMILES string of the molecule is COC1CC(C(=O)O)N(C(=O)[C@@H](N)Cc2ccccc2)C1. The van der Waals surface area contributed by atoms with Gasteiger partial charge in [-0.25, -0.2) is 4.79 Å². The highest BCUT2D eigenvalue weighted by Crippen LogP contribution is 2.21. The third-order valence-corrected chi connectivity index (χ3v) is 3.78. The first-order valence-corrected chi connectivity index (χ1v) is 6.88. The standard InChI is InChI=1S/C15H20N2O4/c1-21-11-8-13(15(19)20)17(9-11)14(18)12(16)7-10-5-3-2-4-6-10/h2-6,11-13H,7-9,16H2,1H3,(H,19,20)/t11?,12-,13?/m0/s1. The molecule has 3 atom stereocenters. The lowest BCUT2D eigenvalue weighted by Crippen LogP contribution is -2.49. The van der Waals surface area contributed by atoms with E-state index in [4.69, 9.17) is 10.5 Å². The summed E-state index contributed by atoms with van der Waals surface area (Å²) < 4.78 is 5.17. The molecule has 1 aliphatic rings. The number of nitrogens with two attached hydrogens (primary N) is 1. The van der Waals surface area contributed by atoms with Crippen LogP contribution in [0.3, 0.4) is 0 Å². The van der Waals surface area contributed by atoms with Crippen LogP contribution in [-0.2, 0) is 20.7 Å². The average molecular weight is 292 g/mol. The second-order valence-electron chi connectivity index (χ2n) is 5.23. The first-order chi connectivity index (χ1) is 10.0. The zero-order valence-electron chi connectivity index (χ0n) is 11.9. The van der Waals surface area contributed by atoms with Crippen molar-refractivity contribution in [3.8, 4) is 0 Å². The minimum absolute atomic E-state index is 0.251. The number of nitrogens with zero attached hydrogens (tertiary/aromatic N) is 1. The number of benzene rings is 1. The van der Waals surface area contributed by atoms with Crippen molar-refractivity contribution in [2.45, 2.75) is 31.0 Å². The Morgan fingerprint density at radius 3 is 2.67 bits per heavy atom. The third kappa shape index (κ3) is 3.59. The first kappa shape index (κ1) is 15.5. The maximum absolute atomic E-state index is 12.4. The van der Waals surface area contributed by atoms with Crippen LogP contribution in [0.25, 0.3) is 0 Å². The van der Waals surface area contributed by atoms with Gasteiger partial charge >= 0.3 is 5.97 Å². The Balaban J connectivity index is 2.05. The van der Waals surface area contributed by atoms with Gasteiger partial charge in [0.15, 0.2) is 0 Å². The van der Waals surface area contributed by atoms with Gasteiger partial charge in [-0.15, -0.1) is 0 Å². The Bertz CT molecular complexity index is 506. The van der Waals surface area contributed by atoms with E-state index >= 15 is 0 Å². The molecule has 3 N–H and O–H groups in total. The van der Waals surface area contributed by atoms with Gasteiger partial charge in [-0.3, -0.25) is 4.79 Å². The van der Waals surface area contributed by atoms with Crippen LogP contribution in [0.1, 0.15) is 12.0 Å². The highest BCUT2D eigenvalue weighted by Gasteiger charge is 2.41. The fraction of sp³-hybridized carbons (Fsp3) is 0.467. The lowest BCUT2D eigenvalue weighted by atomic mass is 10.1. The highest BCUT2D eigenvalue weighted by molar-refractivity contribution is 5.87. The molecule has 0 saturated carbocycles. The Labute approximate surface area is 123 Å². The van der Waals surface area contributed by atoms with Crippen LogP contribution in [0.15, 0.2) is 30.3 Å². The summed E-state index contributed by atoms with van der Waals surface area (Å²) in [6.07, 6.45) is 0.439. The molecule has 6 nitrogen and oxygen atoms in total. The second-order valence-corrected chi connectivity index (χ2v) is 5.23. The van der Waals surface area contributed by atoms with Crippen molar-refractivity contribution in [2.75, 3.05) is 13.7 Å². The topological polar surface area (TPSA) is 92.9 Å². The van der Waals surface area contributed by atoms with Crippen molar-refractivity contribution < 1.29 is 19.4 Å². The summed E-state index contributed by atoms with van der Waals surface area (Å²) in [6.45, 7) is 0.273. The van der Waals surface area contributed by atoms with Crippen LogP contribution in [0.5, 0.6) is 0 Å². The van der Waals surface area contributed by atoms with Crippen molar-refractivity contribution in [1.82, 2.24) is 4.90 Å². The van der Waals surface area contributed by atoms with Crippen LogP contribution in [0.4, 0.5) is 0 Å². The molecule has 0 spiro atoms. The number of carboxylic acid groups (broad SMARTS) is 1. The predicted octanol–water partition coefficient (Wildman–Crippen LogP) is 0.257. The molecule has 2 unspecified atom stereocenters. The Hall–Kier alpha value is -1.92. The van der Waals surface area contributed by atoms with Gasteiger partial charge in [-0.1, -0.05) is 30.3 Å². The molecule has 0 aromatic heterocycles. The number of hydrogen-bond donors (Lipinski definition) is 2. The van der Waals surface area contributed by atoms with Crippen molar-refractivity contribution in [1.29, 1.82) is 0 Å². The number of amides is 1. The van der Waals surface area contributed by atoms with Crippen molar-refractivity contribution in [3.05, 3.63) is 35.9 Å². The van der Waals surface area contributed by atoms with Gasteiger partial charge in [-0.05, 0) is 12.0 Å². The van der Waals surface area contributed by atoms with Crippen molar-refractivity contribution >= 4 is 11.9 Å². The molecular formula is C15H20N2O4. The van der Waals surface area contributed by atoms with Gasteiger partial charge in [0.2, 0.25) is 5.91 Å². The molecule has 2 rings (SSSR count). The maximum Gasteiger partial charge on any atom is 0.326 e. The molecule has 1 saturated heterocycles. The monoisotopic (exact) mass is 292 g/mol. The molecule has 21 heavy (non-hydrogen) atoms. The van der Waals surface area contributed by atoms with E-state index in [2.05, 4.69) is 0 Å². The molecule has 0 aliphatic carbocycles. The Kier molecular flexibility index (Phi) is 4.93. The molecule has 114 valence electrons. The van der Waals surface area contributed by atoms with Crippen LogP contribution >= 0.6 is 0 Å². The zero-order chi connectivity index (χ0) is 15.4. The van der Waals surface area contributed by atoms with E-state index in [9.17, 15) is 14.7 Å². The largest absolute Gasteiger partial charge is 0.480 e. The maximum atomic E-state index is 12.4. The van der Waals surface area contributed by atoms with E-state index in [0.29, 0.717) is 12.8 Å². The number of carbonyl (C=O) groups is 2. The summed E-state index contributed by atoms with van der Waals surface area (Å²) in [7, 11) is 1.52. The van der Waals surface area contributed by atoms with E-state index in [1.54, 1.807) is 0 Å². The van der Waals surface area contributed by atoms with Crippen LogP contribution in [-0.4, -0.2) is 53.7 Å². The number of carbonyl (C=O) groups excluding carboxylic acids is 1. The lowest BCUT2D eigenvalue weighted by molar-refractivity contribution is -0.148. The van der Waals surface area contributed by atoms with Gasteiger partial charge in [0.05, 0.1) is 12.1 Å². The van der Waals surface area contributed by atoms with Gasteiger partial charge < -0.3 is 20.5 Å². The first-order valence-electron chi connectivity index (χ1n) is 6.88. The van der Waals surface area contributed by atoms with Gasteiger partial charge in [0, 0.05) is 20.1 Å². The summed E-state index contributed by atoms with van der Waals surface area (Å²) >= 11 is 0. The van der Waals surface area contributed by atoms with Crippen LogP contribution in [0, 0.1) is 0 Å². The lowest BCUT2D eigenvalue weighted by Gasteiger charge is -2.24. The second kappa shape index (κ2) is 6.69. The molecule has 0 bridgehead atoms. The van der Waals surface area contributed by atoms with E-state index in [1.165, 1.54) is 12.0 Å². The minimum atomic E-state index is -1.02. The summed E-state index contributed by atoms with van der Waals surface area (Å²) in [6, 6.07) is 7.83. The van der Waals surface area contributed by atoms with Gasteiger partial charge in [-0.2, -0.15) is 0 Å². The summed E-state index contributed by atoms with van der Waals surface area (Å²) in [4.78, 5) is 25.0. The number of aliphatic carboxylic acids is 1. The van der Waals surface area contributed by atoms with E-state index in [1.807, 2.05) is 30.3 Å². The fourth-order valence-electron chi connectivity index (χ4n) is 2.61. The number of methoxy groups -OCH3 is 1. The van der Waals surface area contributed by atoms with E-state index < -0.39 is 18.1 Å². The molecule has 6 heteroatoms. The van der Waals surface area contributed by atoms with Gasteiger partial charge in [0.1, 0.15) is 6.04 Å². The number of carboxylic acids is 1. The number of rotatable bonds is 5. The van der Waals surface area contributed by atoms with Gasteiger partial charge in [0.25, 0.3) is 0 Å². The quantitative estimate of drug-likeness (QED) is 0.812. The number of ether oxygens (including phenoxy) is 1. The normalized spacial score (nSPS) is 23.0. The fourth-order valence-corrected chi connectivity index (χ4v) is 2.61. The van der Waals surface area contributed by atoms with E-state index in [0.717, 1.165) is 5.56 Å². The van der Waals surface area contributed by atoms with Crippen LogP contribution in [0.2, 0.25) is 0 Å². The molecule has 1 fully saturated rings. The van der Waals surface area contributed by atoms with Crippen LogP contribution < -0.4 is 5.73 Å². The Morgan fingerprint density at radius 1 is 1.43 bits per heavy atom. The number of hydrogen-bond acceptors (Lipinski definition) is 4. The summed E-state index contributed by atoms with van der Waals surface area (Å²) in [5, 5.41) is 9.23. The highest BCUT2D eigenvalue weighted by atomic mass is 16.5. The molecule has 1 aromatic carbocycles. The van der Waals surface area contributed by atoms with E-state index in [-0.39, 0.29) is 18.6 Å². The molecule has 0 radical (unpaired) electrons. The molecule has 1 aromatic rings. The van der Waals surface area contributed by atoms with Crippen molar-refractivity contribution in [3.63, 3.8) is 0 Å². The van der Waals surface area contributed by atoms with Crippen molar-refractivity contribution in [2.24, 2.45) is 5.73 Å². The molecule has 1 heterocycles. The minimum Gasteiger partial charge on any atom is -0.480 e. The summed E-state index contributed by atoms with van der Waals surface area (Å²) in [5.74, 6) is -1.36. The third-order valence-electron chi connectivity index (χ3n) is 3.78. The summed E-state index contributed by atoms with van der Waals surface area (Å²) in [5.41, 5.74) is 6.90. The molecule has 1 amide bonds. The smallest absolute Gasteiger partial charge is 0.326 e. The zero-order valence-corrected chi connectivity index (χ0v) is 11.9.